The van der Waals surface area contributed by atoms with Crippen molar-refractivity contribution in [2.75, 3.05) is 0 Å². The third-order valence-corrected chi connectivity index (χ3v) is 4.17. The first-order valence-electron chi connectivity index (χ1n) is 7.77. The van der Waals surface area contributed by atoms with Crippen LogP contribution >= 0.6 is 0 Å². The zero-order valence-electron chi connectivity index (χ0n) is 14.5. The van der Waals surface area contributed by atoms with Gasteiger partial charge in [0, 0.05) is 24.3 Å². The molecule has 0 radical (unpaired) electrons. The van der Waals surface area contributed by atoms with Gasteiger partial charge in [-0.2, -0.15) is 10.2 Å². The second-order valence-electron chi connectivity index (χ2n) is 5.69. The number of nitro groups is 1. The average molecular weight is 334 g/mol. The molecule has 0 aromatic carbocycles. The molecule has 0 aliphatic heterocycles. The molecule has 2 aromatic rings. The number of carbonyl (C=O) groups excluding carboxylic acids is 1. The summed E-state index contributed by atoms with van der Waals surface area (Å²) >= 11 is 0. The van der Waals surface area contributed by atoms with E-state index in [-0.39, 0.29) is 11.6 Å². The van der Waals surface area contributed by atoms with Crippen molar-refractivity contribution in [3.8, 4) is 0 Å². The Bertz CT molecular complexity index is 777. The average Bonchev–Trinajstić information content (AvgIpc) is 3.03. The van der Waals surface area contributed by atoms with Crippen molar-refractivity contribution in [2.24, 2.45) is 0 Å². The Morgan fingerprint density at radius 1 is 1.38 bits per heavy atom. The number of aromatic nitrogens is 4. The number of aryl methyl sites for hydroxylation is 2. The lowest BCUT2D eigenvalue weighted by Crippen LogP contribution is -2.31. The molecule has 0 fully saturated rings. The smallest absolute Gasteiger partial charge is 0.312 e. The van der Waals surface area contributed by atoms with Crippen molar-refractivity contribution in [3.63, 3.8) is 0 Å². The third-order valence-electron chi connectivity index (χ3n) is 4.17. The standard InChI is InChI=1S/C15H22N6O3/c1-6-19-10(3)13(8-17-19)7-16-15(22)12(5)20-11(4)14(21(23)24)9(2)18-20/h8,12H,6-7H2,1-5H3,(H,16,22). The van der Waals surface area contributed by atoms with Crippen LogP contribution in [0.2, 0.25) is 0 Å². The maximum atomic E-state index is 12.4. The lowest BCUT2D eigenvalue weighted by Gasteiger charge is -2.14. The van der Waals surface area contributed by atoms with E-state index in [1.807, 2.05) is 18.5 Å². The molecule has 2 rings (SSSR count). The summed E-state index contributed by atoms with van der Waals surface area (Å²) < 4.78 is 3.25. The van der Waals surface area contributed by atoms with Gasteiger partial charge in [-0.15, -0.1) is 0 Å². The number of hydrogen-bond acceptors (Lipinski definition) is 5. The minimum absolute atomic E-state index is 0.0466. The highest BCUT2D eigenvalue weighted by atomic mass is 16.6. The van der Waals surface area contributed by atoms with Crippen LogP contribution in [0.5, 0.6) is 0 Å². The lowest BCUT2D eigenvalue weighted by atomic mass is 10.2. The molecule has 0 bridgehead atoms. The molecule has 24 heavy (non-hydrogen) atoms. The quantitative estimate of drug-likeness (QED) is 0.640. The van der Waals surface area contributed by atoms with Gasteiger partial charge in [-0.05, 0) is 34.6 Å². The molecule has 0 saturated carbocycles. The highest BCUT2D eigenvalue weighted by Crippen LogP contribution is 2.24. The van der Waals surface area contributed by atoms with Gasteiger partial charge in [0.1, 0.15) is 17.4 Å². The molecular weight excluding hydrogens is 312 g/mol. The maximum absolute atomic E-state index is 12.4. The SMILES string of the molecule is CCn1ncc(CNC(=O)C(C)n2nc(C)c([N+](=O)[O-])c2C)c1C. The number of rotatable bonds is 6. The lowest BCUT2D eigenvalue weighted by molar-refractivity contribution is -0.386. The molecule has 2 aromatic heterocycles. The van der Waals surface area contributed by atoms with Crippen molar-refractivity contribution >= 4 is 11.6 Å². The van der Waals surface area contributed by atoms with E-state index in [9.17, 15) is 14.9 Å². The first-order valence-corrected chi connectivity index (χ1v) is 7.77. The maximum Gasteiger partial charge on any atom is 0.312 e. The van der Waals surface area contributed by atoms with E-state index in [4.69, 9.17) is 0 Å². The van der Waals surface area contributed by atoms with E-state index >= 15 is 0 Å². The van der Waals surface area contributed by atoms with E-state index in [1.54, 1.807) is 27.0 Å². The van der Waals surface area contributed by atoms with E-state index in [1.165, 1.54) is 4.68 Å². The number of nitrogens with one attached hydrogen (secondary N) is 1. The topological polar surface area (TPSA) is 108 Å². The molecule has 2 heterocycles. The zero-order chi connectivity index (χ0) is 18.0. The van der Waals surface area contributed by atoms with Crippen LogP contribution in [0, 0.1) is 30.9 Å². The van der Waals surface area contributed by atoms with E-state index in [2.05, 4.69) is 15.5 Å². The predicted octanol–water partition coefficient (Wildman–Crippen LogP) is 1.81. The normalized spacial score (nSPS) is 12.2. The molecule has 130 valence electrons. The summed E-state index contributed by atoms with van der Waals surface area (Å²) in [7, 11) is 0. The molecule has 9 heteroatoms. The monoisotopic (exact) mass is 334 g/mol. The summed E-state index contributed by atoms with van der Waals surface area (Å²) in [6, 6.07) is -0.640. The van der Waals surface area contributed by atoms with Crippen LogP contribution in [-0.4, -0.2) is 30.4 Å². The van der Waals surface area contributed by atoms with Gasteiger partial charge >= 0.3 is 5.69 Å². The molecule has 0 aliphatic rings. The van der Waals surface area contributed by atoms with Gasteiger partial charge in [-0.25, -0.2) is 0 Å². The van der Waals surface area contributed by atoms with Gasteiger partial charge in [0.15, 0.2) is 0 Å². The summed E-state index contributed by atoms with van der Waals surface area (Å²) in [6.07, 6.45) is 1.73. The Kier molecular flexibility index (Phi) is 5.01. The Labute approximate surface area is 139 Å². The minimum Gasteiger partial charge on any atom is -0.350 e. The van der Waals surface area contributed by atoms with Crippen molar-refractivity contribution < 1.29 is 9.72 Å². The summed E-state index contributed by atoms with van der Waals surface area (Å²) in [5, 5.41) is 22.3. The molecule has 0 aliphatic carbocycles. The van der Waals surface area contributed by atoms with E-state index in [0.29, 0.717) is 17.9 Å². The second kappa shape index (κ2) is 6.81. The van der Waals surface area contributed by atoms with Gasteiger partial charge in [-0.3, -0.25) is 24.3 Å². The van der Waals surface area contributed by atoms with E-state index in [0.717, 1.165) is 17.8 Å². The molecule has 1 amide bonds. The summed E-state index contributed by atoms with van der Waals surface area (Å²) in [5.74, 6) is -0.251. The third kappa shape index (κ3) is 3.15. The Morgan fingerprint density at radius 2 is 2.04 bits per heavy atom. The van der Waals surface area contributed by atoms with Crippen LogP contribution in [-0.2, 0) is 17.9 Å². The summed E-state index contributed by atoms with van der Waals surface area (Å²) in [4.78, 5) is 23.0. The van der Waals surface area contributed by atoms with E-state index < -0.39 is 11.0 Å². The largest absolute Gasteiger partial charge is 0.350 e. The van der Waals surface area contributed by atoms with Gasteiger partial charge in [0.25, 0.3) is 0 Å². The molecule has 0 saturated heterocycles. The fourth-order valence-corrected chi connectivity index (χ4v) is 2.71. The zero-order valence-corrected chi connectivity index (χ0v) is 14.5. The summed E-state index contributed by atoms with van der Waals surface area (Å²) in [6.45, 7) is 9.90. The highest BCUT2D eigenvalue weighted by molar-refractivity contribution is 5.80. The first-order chi connectivity index (χ1) is 11.3. The molecule has 0 spiro atoms. The van der Waals surface area contributed by atoms with Crippen molar-refractivity contribution in [1.29, 1.82) is 0 Å². The molecule has 1 unspecified atom stereocenters. The first kappa shape index (κ1) is 17.6. The number of amides is 1. The fourth-order valence-electron chi connectivity index (χ4n) is 2.71. The molecule has 9 nitrogen and oxygen atoms in total. The van der Waals surface area contributed by atoms with Gasteiger partial charge in [-0.1, -0.05) is 0 Å². The predicted molar refractivity (Wildman–Crippen MR) is 87.6 cm³/mol. The van der Waals surface area contributed by atoms with Gasteiger partial charge < -0.3 is 5.32 Å². The highest BCUT2D eigenvalue weighted by Gasteiger charge is 2.27. The van der Waals surface area contributed by atoms with Gasteiger partial charge in [0.05, 0.1) is 11.1 Å². The van der Waals surface area contributed by atoms with Crippen molar-refractivity contribution in [2.45, 2.75) is 53.8 Å². The molecular formula is C15H22N6O3. The Hall–Kier alpha value is -2.71. The number of hydrogen-bond donors (Lipinski definition) is 1. The fraction of sp³-hybridized carbons (Fsp3) is 0.533. The van der Waals surface area contributed by atoms with Crippen LogP contribution < -0.4 is 5.32 Å². The second-order valence-corrected chi connectivity index (χ2v) is 5.69. The van der Waals surface area contributed by atoms with Crippen molar-refractivity contribution in [1.82, 2.24) is 24.9 Å². The minimum atomic E-state index is -0.640. The number of nitrogens with zero attached hydrogens (tertiary/aromatic N) is 5. The Balaban J connectivity index is 2.11. The number of carbonyl (C=O) groups is 1. The Morgan fingerprint density at radius 3 is 2.54 bits per heavy atom. The van der Waals surface area contributed by atoms with Gasteiger partial charge in [0.2, 0.25) is 5.91 Å². The van der Waals surface area contributed by atoms with Crippen LogP contribution in [0.1, 0.15) is 42.5 Å². The van der Waals surface area contributed by atoms with Crippen LogP contribution in [0.4, 0.5) is 5.69 Å². The molecule has 1 N–H and O–H groups in total. The van der Waals surface area contributed by atoms with Crippen LogP contribution in [0.15, 0.2) is 6.20 Å². The molecule has 1 atom stereocenters. The van der Waals surface area contributed by atoms with Crippen LogP contribution in [0.25, 0.3) is 0 Å². The van der Waals surface area contributed by atoms with Crippen molar-refractivity contribution in [3.05, 3.63) is 39.0 Å². The van der Waals surface area contributed by atoms with Crippen LogP contribution in [0.3, 0.4) is 0 Å². The summed E-state index contributed by atoms with van der Waals surface area (Å²) in [5.41, 5.74) is 2.58.